The molecule has 0 aromatic carbocycles. The van der Waals surface area contributed by atoms with Gasteiger partial charge in [0, 0.05) is 37.5 Å². The highest BCUT2D eigenvalue weighted by atomic mass is 32.1. The lowest BCUT2D eigenvalue weighted by atomic mass is 10.3. The van der Waals surface area contributed by atoms with Crippen molar-refractivity contribution in [1.82, 2.24) is 24.6 Å². The number of fused-ring (bicyclic) bond motifs is 1. The molecule has 16 heteroatoms. The fraction of sp³-hybridized carbons (Fsp3) is 0.556. The molecule has 0 radical (unpaired) electrons. The number of carboxylic acid groups (broad SMARTS) is 2. The van der Waals surface area contributed by atoms with E-state index in [2.05, 4.69) is 56.2 Å². The molecular weight excluding hydrogens is 496 g/mol. The van der Waals surface area contributed by atoms with Crippen LogP contribution >= 0.6 is 11.3 Å². The fourth-order valence-electron chi connectivity index (χ4n) is 2.61. The molecule has 9 nitrogen and oxygen atoms in total. The Labute approximate surface area is 194 Å². The van der Waals surface area contributed by atoms with Crippen LogP contribution in [0.15, 0.2) is 17.5 Å². The molecule has 34 heavy (non-hydrogen) atoms. The highest BCUT2D eigenvalue weighted by Gasteiger charge is 2.38. The van der Waals surface area contributed by atoms with E-state index in [9.17, 15) is 26.3 Å². The van der Waals surface area contributed by atoms with Gasteiger partial charge in [-0.2, -0.15) is 26.3 Å². The average Bonchev–Trinajstić information content (AvgIpc) is 3.28. The van der Waals surface area contributed by atoms with Crippen LogP contribution in [0.3, 0.4) is 0 Å². The number of carbonyl (C=O) groups is 2. The normalized spacial score (nSPS) is 14.3. The number of aromatic nitrogens is 3. The third-order valence-electron chi connectivity index (χ3n) is 4.10. The van der Waals surface area contributed by atoms with Crippen molar-refractivity contribution >= 4 is 23.3 Å². The van der Waals surface area contributed by atoms with E-state index < -0.39 is 24.3 Å². The maximum absolute atomic E-state index is 10.6. The van der Waals surface area contributed by atoms with Gasteiger partial charge in [0.15, 0.2) is 0 Å². The van der Waals surface area contributed by atoms with Gasteiger partial charge in [-0.15, -0.1) is 21.5 Å². The zero-order valence-corrected chi connectivity index (χ0v) is 18.9. The highest BCUT2D eigenvalue weighted by Crippen LogP contribution is 2.16. The summed E-state index contributed by atoms with van der Waals surface area (Å²) in [6.45, 7) is 5.05. The molecule has 0 aliphatic carbocycles. The van der Waals surface area contributed by atoms with Crippen molar-refractivity contribution in [3.05, 3.63) is 34.0 Å². The monoisotopic (exact) mass is 519 g/mol. The number of rotatable bonds is 4. The third kappa shape index (κ3) is 10.5. The molecular formula is C18H23F6N5O4S. The van der Waals surface area contributed by atoms with Crippen LogP contribution in [0.1, 0.15) is 16.5 Å². The average molecular weight is 519 g/mol. The molecule has 2 aromatic rings. The van der Waals surface area contributed by atoms with Gasteiger partial charge in [0.2, 0.25) is 0 Å². The smallest absolute Gasteiger partial charge is 0.475 e. The largest absolute Gasteiger partial charge is 0.490 e. The Kier molecular flexibility index (Phi) is 10.9. The molecule has 192 valence electrons. The number of alkyl halides is 6. The molecule has 0 unspecified atom stereocenters. The fourth-order valence-corrected chi connectivity index (χ4v) is 3.35. The van der Waals surface area contributed by atoms with Gasteiger partial charge in [0.25, 0.3) is 0 Å². The van der Waals surface area contributed by atoms with E-state index >= 15 is 0 Å². The Morgan fingerprint density at radius 1 is 1.03 bits per heavy atom. The first-order valence-corrected chi connectivity index (χ1v) is 10.4. The summed E-state index contributed by atoms with van der Waals surface area (Å²) in [6, 6.07) is 4.34. The predicted octanol–water partition coefficient (Wildman–Crippen LogP) is 2.73. The summed E-state index contributed by atoms with van der Waals surface area (Å²) in [5.41, 5.74) is 0. The van der Waals surface area contributed by atoms with Crippen molar-refractivity contribution in [3.8, 4) is 0 Å². The van der Waals surface area contributed by atoms with Gasteiger partial charge in [0.05, 0.1) is 6.54 Å². The van der Waals surface area contributed by atoms with E-state index in [1.165, 1.54) is 4.88 Å². The number of hydrogen-bond acceptors (Lipinski definition) is 7. The molecule has 3 heterocycles. The lowest BCUT2D eigenvalue weighted by molar-refractivity contribution is -0.193. The van der Waals surface area contributed by atoms with E-state index in [1.54, 1.807) is 0 Å². The van der Waals surface area contributed by atoms with E-state index in [4.69, 9.17) is 19.8 Å². The van der Waals surface area contributed by atoms with Crippen LogP contribution in [-0.4, -0.2) is 86.3 Å². The van der Waals surface area contributed by atoms with E-state index in [1.807, 2.05) is 11.3 Å². The maximum Gasteiger partial charge on any atom is 0.490 e. The Bertz CT molecular complexity index is 891. The zero-order chi connectivity index (χ0) is 26.1. The van der Waals surface area contributed by atoms with Crippen LogP contribution in [0, 0.1) is 0 Å². The second-order valence-corrected chi connectivity index (χ2v) is 8.17. The topological polar surface area (TPSA) is 112 Å². The van der Waals surface area contributed by atoms with Crippen molar-refractivity contribution in [1.29, 1.82) is 0 Å². The first-order valence-electron chi connectivity index (χ1n) is 9.52. The summed E-state index contributed by atoms with van der Waals surface area (Å²) in [6.07, 6.45) is -9.17. The van der Waals surface area contributed by atoms with Gasteiger partial charge >= 0.3 is 24.3 Å². The van der Waals surface area contributed by atoms with Crippen molar-refractivity contribution in [2.75, 3.05) is 27.2 Å². The molecule has 3 rings (SSSR count). The molecule has 1 aliphatic heterocycles. The molecule has 0 spiro atoms. The molecule has 0 bridgehead atoms. The third-order valence-corrected chi connectivity index (χ3v) is 4.96. The lowest BCUT2D eigenvalue weighted by Crippen LogP contribution is -2.26. The predicted molar refractivity (Wildman–Crippen MR) is 108 cm³/mol. The van der Waals surface area contributed by atoms with E-state index in [0.29, 0.717) is 0 Å². The van der Waals surface area contributed by atoms with E-state index in [-0.39, 0.29) is 0 Å². The Morgan fingerprint density at radius 2 is 1.59 bits per heavy atom. The maximum atomic E-state index is 10.6. The Morgan fingerprint density at radius 3 is 2.03 bits per heavy atom. The highest BCUT2D eigenvalue weighted by molar-refractivity contribution is 7.09. The van der Waals surface area contributed by atoms with Gasteiger partial charge in [-0.25, -0.2) is 9.59 Å². The number of carboxylic acids is 2. The van der Waals surface area contributed by atoms with Crippen molar-refractivity contribution in [2.24, 2.45) is 0 Å². The van der Waals surface area contributed by atoms with Crippen molar-refractivity contribution in [3.63, 3.8) is 0 Å². The van der Waals surface area contributed by atoms with Gasteiger partial charge < -0.3 is 19.7 Å². The van der Waals surface area contributed by atoms with Gasteiger partial charge in [-0.1, -0.05) is 6.07 Å². The SMILES string of the molecule is CN(C)Cc1nnc2n1CCN(Cc1cccs1)CC2.O=C(O)C(F)(F)F.O=C(O)C(F)(F)F. The minimum atomic E-state index is -5.08. The van der Waals surface area contributed by atoms with Crippen LogP contribution in [0.5, 0.6) is 0 Å². The Hall–Kier alpha value is -2.72. The number of nitrogens with zero attached hydrogens (tertiary/aromatic N) is 5. The number of aliphatic carboxylic acids is 2. The molecule has 2 aromatic heterocycles. The van der Waals surface area contributed by atoms with Gasteiger partial charge in [-0.3, -0.25) is 4.90 Å². The van der Waals surface area contributed by atoms with Crippen LogP contribution in [0.4, 0.5) is 26.3 Å². The first kappa shape index (κ1) is 29.3. The van der Waals surface area contributed by atoms with Crippen LogP contribution in [-0.2, 0) is 35.6 Å². The summed E-state index contributed by atoms with van der Waals surface area (Å²) < 4.78 is 65.8. The minimum Gasteiger partial charge on any atom is -0.475 e. The van der Waals surface area contributed by atoms with Crippen molar-refractivity contribution < 1.29 is 46.1 Å². The quantitative estimate of drug-likeness (QED) is 0.594. The van der Waals surface area contributed by atoms with E-state index in [0.717, 1.165) is 50.8 Å². The standard InChI is InChI=1S/C14H21N5S.2C2HF3O2/c1-17(2)11-14-16-15-13-5-6-18(7-8-19(13)14)10-12-4-3-9-20-12;2*3-2(4,5)1(6)7/h3-4,9H,5-8,10-11H2,1-2H3;2*(H,6,7). The van der Waals surface area contributed by atoms with Crippen LogP contribution < -0.4 is 0 Å². The summed E-state index contributed by atoms with van der Waals surface area (Å²) in [5, 5.41) is 25.1. The molecule has 0 atom stereocenters. The molecule has 0 fully saturated rings. The second kappa shape index (κ2) is 12.7. The van der Waals surface area contributed by atoms with Gasteiger partial charge in [-0.05, 0) is 25.5 Å². The molecule has 2 N–H and O–H groups in total. The van der Waals surface area contributed by atoms with Gasteiger partial charge in [0.1, 0.15) is 11.6 Å². The number of thiophene rings is 1. The molecule has 1 aliphatic rings. The summed E-state index contributed by atoms with van der Waals surface area (Å²) in [7, 11) is 4.14. The number of halogens is 6. The number of hydrogen-bond donors (Lipinski definition) is 2. The molecule has 0 saturated heterocycles. The molecule has 0 amide bonds. The summed E-state index contributed by atoms with van der Waals surface area (Å²) in [4.78, 5) is 23.9. The zero-order valence-electron chi connectivity index (χ0n) is 18.1. The van der Waals surface area contributed by atoms with Crippen LogP contribution in [0.2, 0.25) is 0 Å². The minimum absolute atomic E-state index is 0.859. The van der Waals surface area contributed by atoms with Crippen molar-refractivity contribution in [2.45, 2.75) is 38.4 Å². The lowest BCUT2D eigenvalue weighted by Gasteiger charge is -2.18. The Balaban J connectivity index is 0.000000343. The first-order chi connectivity index (χ1) is 15.6. The second-order valence-electron chi connectivity index (χ2n) is 7.13. The summed E-state index contributed by atoms with van der Waals surface area (Å²) in [5.74, 6) is -3.29. The molecule has 0 saturated carbocycles. The summed E-state index contributed by atoms with van der Waals surface area (Å²) >= 11 is 1.84. The van der Waals surface area contributed by atoms with Crippen LogP contribution in [0.25, 0.3) is 0 Å².